The third-order valence-corrected chi connectivity index (χ3v) is 2.14. The number of nitrogens with two attached hydrogens (primary N) is 1. The Bertz CT molecular complexity index is 363. The lowest BCUT2D eigenvalue weighted by atomic mass is 10.1. The van der Waals surface area contributed by atoms with E-state index in [0.29, 0.717) is 19.0 Å². The van der Waals surface area contributed by atoms with E-state index < -0.39 is 0 Å². The van der Waals surface area contributed by atoms with Gasteiger partial charge in [0.1, 0.15) is 24.2 Å². The minimum Gasteiger partial charge on any atom is -0.508 e. The van der Waals surface area contributed by atoms with Crippen molar-refractivity contribution in [3.63, 3.8) is 0 Å². The van der Waals surface area contributed by atoms with E-state index in [9.17, 15) is 5.11 Å². The van der Waals surface area contributed by atoms with Gasteiger partial charge in [-0.05, 0) is 6.07 Å². The Morgan fingerprint density at radius 3 is 2.93 bits per heavy atom. The second-order valence-corrected chi connectivity index (χ2v) is 3.21. The van der Waals surface area contributed by atoms with Gasteiger partial charge >= 0.3 is 0 Å². The number of amidine groups is 1. The van der Waals surface area contributed by atoms with Crippen molar-refractivity contribution in [2.24, 2.45) is 10.7 Å². The summed E-state index contributed by atoms with van der Waals surface area (Å²) in [6, 6.07) is 6.91. The SMILES string of the molecule is NC1=N[C@@H](c2ccccc2O)COC1. The minimum absolute atomic E-state index is 0.176. The van der Waals surface area contributed by atoms with E-state index in [4.69, 9.17) is 10.5 Å². The lowest BCUT2D eigenvalue weighted by molar-refractivity contribution is 0.142. The first kappa shape index (κ1) is 9.02. The van der Waals surface area contributed by atoms with Crippen LogP contribution in [-0.2, 0) is 4.74 Å². The van der Waals surface area contributed by atoms with E-state index >= 15 is 0 Å². The molecule has 0 saturated heterocycles. The van der Waals surface area contributed by atoms with Crippen molar-refractivity contribution in [2.45, 2.75) is 6.04 Å². The summed E-state index contributed by atoms with van der Waals surface area (Å²) in [6.07, 6.45) is 0. The predicted molar refractivity (Wildman–Crippen MR) is 53.3 cm³/mol. The number of ether oxygens (including phenoxy) is 1. The number of aliphatic imine (C=N–C) groups is 1. The Balaban J connectivity index is 2.31. The molecule has 1 aromatic rings. The highest BCUT2D eigenvalue weighted by atomic mass is 16.5. The molecule has 4 heteroatoms. The van der Waals surface area contributed by atoms with Gasteiger partial charge in [0.2, 0.25) is 0 Å². The maximum absolute atomic E-state index is 9.58. The summed E-state index contributed by atoms with van der Waals surface area (Å²) in [5.41, 5.74) is 6.32. The zero-order chi connectivity index (χ0) is 9.97. The molecule has 3 N–H and O–H groups in total. The van der Waals surface area contributed by atoms with Crippen molar-refractivity contribution in [3.05, 3.63) is 29.8 Å². The van der Waals surface area contributed by atoms with Crippen molar-refractivity contribution in [3.8, 4) is 5.75 Å². The Hall–Kier alpha value is -1.55. The number of hydrogen-bond donors (Lipinski definition) is 2. The van der Waals surface area contributed by atoms with Crippen LogP contribution in [0.4, 0.5) is 0 Å². The van der Waals surface area contributed by atoms with Crippen LogP contribution < -0.4 is 5.73 Å². The molecule has 0 aromatic heterocycles. The molecule has 1 atom stereocenters. The smallest absolute Gasteiger partial charge is 0.121 e. The molecule has 74 valence electrons. The molecule has 2 rings (SSSR count). The number of hydrogen-bond acceptors (Lipinski definition) is 4. The van der Waals surface area contributed by atoms with E-state index in [2.05, 4.69) is 4.99 Å². The van der Waals surface area contributed by atoms with E-state index in [0.717, 1.165) is 5.56 Å². The topological polar surface area (TPSA) is 67.8 Å². The number of para-hydroxylation sites is 1. The van der Waals surface area contributed by atoms with Crippen LogP contribution in [0.15, 0.2) is 29.3 Å². The first-order valence-electron chi connectivity index (χ1n) is 4.45. The van der Waals surface area contributed by atoms with Gasteiger partial charge in [0.25, 0.3) is 0 Å². The number of benzene rings is 1. The van der Waals surface area contributed by atoms with Crippen LogP contribution in [0.3, 0.4) is 0 Å². The second kappa shape index (κ2) is 3.67. The number of rotatable bonds is 1. The highest BCUT2D eigenvalue weighted by molar-refractivity contribution is 5.82. The summed E-state index contributed by atoms with van der Waals surface area (Å²) in [4.78, 5) is 4.22. The van der Waals surface area contributed by atoms with Gasteiger partial charge in [0.05, 0.1) is 6.61 Å². The number of phenols is 1. The molecule has 1 aromatic carbocycles. The highest BCUT2D eigenvalue weighted by Crippen LogP contribution is 2.27. The molecule has 0 unspecified atom stereocenters. The van der Waals surface area contributed by atoms with Gasteiger partial charge < -0.3 is 15.6 Å². The van der Waals surface area contributed by atoms with Crippen LogP contribution in [0, 0.1) is 0 Å². The van der Waals surface area contributed by atoms with Crippen LogP contribution in [0.5, 0.6) is 5.75 Å². The fourth-order valence-electron chi connectivity index (χ4n) is 1.48. The Kier molecular flexibility index (Phi) is 2.37. The summed E-state index contributed by atoms with van der Waals surface area (Å²) < 4.78 is 5.24. The summed E-state index contributed by atoms with van der Waals surface area (Å²) in [6.45, 7) is 0.850. The average Bonchev–Trinajstić information content (AvgIpc) is 2.18. The Morgan fingerprint density at radius 2 is 2.21 bits per heavy atom. The van der Waals surface area contributed by atoms with Crippen LogP contribution >= 0.6 is 0 Å². The Labute approximate surface area is 82.0 Å². The third-order valence-electron chi connectivity index (χ3n) is 2.14. The molecule has 4 nitrogen and oxygen atoms in total. The molecule has 1 heterocycles. The zero-order valence-electron chi connectivity index (χ0n) is 7.68. The molecule has 0 radical (unpaired) electrons. The van der Waals surface area contributed by atoms with E-state index in [-0.39, 0.29) is 11.8 Å². The first-order valence-corrected chi connectivity index (χ1v) is 4.45. The monoisotopic (exact) mass is 192 g/mol. The molecule has 0 saturated carbocycles. The maximum Gasteiger partial charge on any atom is 0.121 e. The molecular formula is C10H12N2O2. The van der Waals surface area contributed by atoms with E-state index in [1.807, 2.05) is 12.1 Å². The van der Waals surface area contributed by atoms with Crippen molar-refractivity contribution >= 4 is 5.84 Å². The quantitative estimate of drug-likeness (QED) is 0.692. The summed E-state index contributed by atoms with van der Waals surface area (Å²) >= 11 is 0. The molecule has 0 aliphatic carbocycles. The van der Waals surface area contributed by atoms with Gasteiger partial charge in [-0.15, -0.1) is 0 Å². The largest absolute Gasteiger partial charge is 0.508 e. The van der Waals surface area contributed by atoms with Crippen molar-refractivity contribution in [1.82, 2.24) is 0 Å². The van der Waals surface area contributed by atoms with Gasteiger partial charge in [-0.2, -0.15) is 0 Å². The highest BCUT2D eigenvalue weighted by Gasteiger charge is 2.18. The molecular weight excluding hydrogens is 180 g/mol. The van der Waals surface area contributed by atoms with Crippen molar-refractivity contribution in [1.29, 1.82) is 0 Å². The van der Waals surface area contributed by atoms with Crippen LogP contribution in [0.1, 0.15) is 11.6 Å². The molecule has 0 bridgehead atoms. The minimum atomic E-state index is -0.176. The summed E-state index contributed by atoms with van der Waals surface area (Å²) in [7, 11) is 0. The maximum atomic E-state index is 9.58. The summed E-state index contributed by atoms with van der Waals surface area (Å²) in [5.74, 6) is 0.712. The predicted octanol–water partition coefficient (Wildman–Crippen LogP) is 0.821. The van der Waals surface area contributed by atoms with E-state index in [1.54, 1.807) is 12.1 Å². The zero-order valence-corrected chi connectivity index (χ0v) is 7.68. The van der Waals surface area contributed by atoms with Crippen molar-refractivity contribution in [2.75, 3.05) is 13.2 Å². The van der Waals surface area contributed by atoms with Gasteiger partial charge in [-0.1, -0.05) is 18.2 Å². The van der Waals surface area contributed by atoms with Gasteiger partial charge in [0.15, 0.2) is 0 Å². The standard InChI is InChI=1S/C10H12N2O2/c11-10-6-14-5-8(12-10)7-3-1-2-4-9(7)13/h1-4,8,13H,5-6H2,(H2,11,12)/t8-/m1/s1. The molecule has 0 fully saturated rings. The molecule has 0 spiro atoms. The fourth-order valence-corrected chi connectivity index (χ4v) is 1.48. The van der Waals surface area contributed by atoms with Crippen LogP contribution in [-0.4, -0.2) is 24.2 Å². The average molecular weight is 192 g/mol. The molecule has 1 aliphatic rings. The van der Waals surface area contributed by atoms with Crippen LogP contribution in [0.25, 0.3) is 0 Å². The summed E-state index contributed by atoms with van der Waals surface area (Å²) in [5, 5.41) is 9.58. The normalized spacial score (nSPS) is 21.7. The lowest BCUT2D eigenvalue weighted by Gasteiger charge is -2.19. The van der Waals surface area contributed by atoms with Crippen molar-refractivity contribution < 1.29 is 9.84 Å². The van der Waals surface area contributed by atoms with E-state index in [1.165, 1.54) is 0 Å². The number of phenolic OH excluding ortho intramolecular Hbond substituents is 1. The fraction of sp³-hybridized carbons (Fsp3) is 0.300. The third kappa shape index (κ3) is 1.70. The molecule has 0 amide bonds. The van der Waals surface area contributed by atoms with Crippen LogP contribution in [0.2, 0.25) is 0 Å². The Morgan fingerprint density at radius 1 is 1.43 bits per heavy atom. The van der Waals surface area contributed by atoms with Gasteiger partial charge in [0, 0.05) is 5.56 Å². The van der Waals surface area contributed by atoms with Gasteiger partial charge in [-0.3, -0.25) is 4.99 Å². The molecule has 14 heavy (non-hydrogen) atoms. The lowest BCUT2D eigenvalue weighted by Crippen LogP contribution is -2.27. The second-order valence-electron chi connectivity index (χ2n) is 3.21. The number of nitrogens with zero attached hydrogens (tertiary/aromatic N) is 1. The van der Waals surface area contributed by atoms with Gasteiger partial charge in [-0.25, -0.2) is 0 Å². The number of aromatic hydroxyl groups is 1. The molecule has 1 aliphatic heterocycles. The first-order chi connectivity index (χ1) is 6.77.